The molecule has 0 amide bonds. The maximum Gasteiger partial charge on any atom is 0.0945 e. The molecule has 2 nitrogen and oxygen atoms in total. The summed E-state index contributed by atoms with van der Waals surface area (Å²) < 4.78 is 2.18. The molecule has 0 saturated carbocycles. The van der Waals surface area contributed by atoms with Crippen LogP contribution in [0.25, 0.3) is 0 Å². The number of imidazole rings is 1. The van der Waals surface area contributed by atoms with Crippen molar-refractivity contribution in [3.8, 4) is 0 Å². The molecule has 0 spiro atoms. The number of halogens is 2. The van der Waals surface area contributed by atoms with Crippen LogP contribution in [0.15, 0.2) is 72.1 Å². The third-order valence-electron chi connectivity index (χ3n) is 4.13. The summed E-state index contributed by atoms with van der Waals surface area (Å²) in [5.74, 6) is 0. The molecule has 3 aromatic rings. The summed E-state index contributed by atoms with van der Waals surface area (Å²) in [6.07, 6.45) is 7.69. The molecule has 3 rings (SSSR count). The third kappa shape index (κ3) is 5.53. The van der Waals surface area contributed by atoms with Gasteiger partial charge in [0.15, 0.2) is 0 Å². The van der Waals surface area contributed by atoms with Crippen molar-refractivity contribution in [2.24, 2.45) is 0 Å². The molecular weight excluding hydrogens is 371 g/mol. The van der Waals surface area contributed by atoms with E-state index in [9.17, 15) is 0 Å². The van der Waals surface area contributed by atoms with E-state index in [4.69, 9.17) is 23.2 Å². The molecular formula is C20H20Cl2N2S. The van der Waals surface area contributed by atoms with Crippen LogP contribution in [0.2, 0.25) is 10.0 Å². The number of rotatable bonds is 7. The number of nitrogens with zero attached hydrogens (tertiary/aromatic N) is 2. The van der Waals surface area contributed by atoms with Crippen LogP contribution >= 0.6 is 35.0 Å². The van der Waals surface area contributed by atoms with Gasteiger partial charge in [0.1, 0.15) is 0 Å². The highest BCUT2D eigenvalue weighted by atomic mass is 35.5. The van der Waals surface area contributed by atoms with Gasteiger partial charge in [-0.2, -0.15) is 0 Å². The van der Waals surface area contributed by atoms with Crippen LogP contribution in [0.5, 0.6) is 0 Å². The molecule has 5 heteroatoms. The topological polar surface area (TPSA) is 17.8 Å². The quantitative estimate of drug-likeness (QED) is 0.435. The fraction of sp³-hybridized carbons (Fsp3) is 0.250. The second-order valence-corrected chi connectivity index (χ2v) is 8.89. The van der Waals surface area contributed by atoms with E-state index in [1.54, 1.807) is 0 Å². The second kappa shape index (κ2) is 8.31. The molecule has 0 radical (unpaired) electrons. The summed E-state index contributed by atoms with van der Waals surface area (Å²) >= 11 is 13.9. The van der Waals surface area contributed by atoms with Gasteiger partial charge in [-0.1, -0.05) is 35.3 Å². The molecule has 130 valence electrons. The van der Waals surface area contributed by atoms with Crippen LogP contribution in [0.3, 0.4) is 0 Å². The van der Waals surface area contributed by atoms with E-state index >= 15 is 0 Å². The van der Waals surface area contributed by atoms with Gasteiger partial charge in [-0.25, -0.2) is 4.98 Å². The second-order valence-electron chi connectivity index (χ2n) is 6.36. The zero-order valence-corrected chi connectivity index (χ0v) is 16.4. The number of aryl methyl sites for hydroxylation is 1. The molecule has 0 aliphatic carbocycles. The average molecular weight is 391 g/mol. The normalized spacial score (nSPS) is 13.6. The molecule has 0 fully saturated rings. The summed E-state index contributed by atoms with van der Waals surface area (Å²) in [7, 11) is 0. The van der Waals surface area contributed by atoms with Gasteiger partial charge in [-0.3, -0.25) is 0 Å². The van der Waals surface area contributed by atoms with Gasteiger partial charge < -0.3 is 4.57 Å². The Morgan fingerprint density at radius 2 is 1.64 bits per heavy atom. The zero-order chi connectivity index (χ0) is 17.7. The van der Waals surface area contributed by atoms with Crippen molar-refractivity contribution in [2.45, 2.75) is 36.0 Å². The first-order valence-corrected chi connectivity index (χ1v) is 9.74. The largest absolute Gasteiger partial charge is 0.337 e. The molecule has 25 heavy (non-hydrogen) atoms. The van der Waals surface area contributed by atoms with Crippen LogP contribution in [0.1, 0.15) is 18.9 Å². The number of thioether (sulfide) groups is 1. The minimum atomic E-state index is 0.0475. The van der Waals surface area contributed by atoms with Crippen molar-refractivity contribution in [1.82, 2.24) is 9.55 Å². The van der Waals surface area contributed by atoms with E-state index in [0.29, 0.717) is 0 Å². The molecule has 0 aliphatic rings. The highest BCUT2D eigenvalue weighted by Gasteiger charge is 2.26. The van der Waals surface area contributed by atoms with Gasteiger partial charge in [0, 0.05) is 38.6 Å². The first-order chi connectivity index (χ1) is 12.0. The van der Waals surface area contributed by atoms with Crippen LogP contribution in [0, 0.1) is 0 Å². The van der Waals surface area contributed by atoms with E-state index in [2.05, 4.69) is 40.7 Å². The number of hydrogen-bond acceptors (Lipinski definition) is 2. The third-order valence-corrected chi connectivity index (χ3v) is 5.98. The summed E-state index contributed by atoms with van der Waals surface area (Å²) in [6, 6.07) is 16.2. The standard InChI is InChI=1S/C20H20Cl2N2S/c1-20(10-12-24-13-11-23-15-24,14-16-2-4-17(21)5-3-16)25-19-8-6-18(22)7-9-19/h2-9,11,13,15H,10,12,14H2,1H3. The highest BCUT2D eigenvalue weighted by Crippen LogP contribution is 2.39. The van der Waals surface area contributed by atoms with Gasteiger partial charge in [-0.15, -0.1) is 11.8 Å². The lowest BCUT2D eigenvalue weighted by molar-refractivity contribution is 0.518. The fourth-order valence-electron chi connectivity index (χ4n) is 2.78. The van der Waals surface area contributed by atoms with Gasteiger partial charge >= 0.3 is 0 Å². The Balaban J connectivity index is 1.78. The minimum Gasteiger partial charge on any atom is -0.337 e. The van der Waals surface area contributed by atoms with Gasteiger partial charge in [0.2, 0.25) is 0 Å². The average Bonchev–Trinajstić information content (AvgIpc) is 3.11. The fourth-order valence-corrected chi connectivity index (χ4v) is 4.31. The van der Waals surface area contributed by atoms with Crippen LogP contribution < -0.4 is 0 Å². The molecule has 0 bridgehead atoms. The Hall–Kier alpha value is -1.42. The lowest BCUT2D eigenvalue weighted by Crippen LogP contribution is -2.25. The highest BCUT2D eigenvalue weighted by molar-refractivity contribution is 8.00. The number of benzene rings is 2. The minimum absolute atomic E-state index is 0.0475. The predicted molar refractivity (Wildman–Crippen MR) is 108 cm³/mol. The maximum absolute atomic E-state index is 6.03. The van der Waals surface area contributed by atoms with Crippen molar-refractivity contribution in [3.05, 3.63) is 82.9 Å². The van der Waals surface area contributed by atoms with Crippen molar-refractivity contribution >= 4 is 35.0 Å². The molecule has 0 aliphatic heterocycles. The van der Waals surface area contributed by atoms with Gasteiger partial charge in [0.05, 0.1) is 6.33 Å². The lowest BCUT2D eigenvalue weighted by atomic mass is 9.97. The summed E-state index contributed by atoms with van der Waals surface area (Å²) in [4.78, 5) is 5.37. The monoisotopic (exact) mass is 390 g/mol. The summed E-state index contributed by atoms with van der Waals surface area (Å²) in [5, 5.41) is 1.54. The zero-order valence-electron chi connectivity index (χ0n) is 14.0. The summed E-state index contributed by atoms with van der Waals surface area (Å²) in [6.45, 7) is 3.25. The first-order valence-electron chi connectivity index (χ1n) is 8.17. The molecule has 2 aromatic carbocycles. The van der Waals surface area contributed by atoms with E-state index in [0.717, 1.165) is 29.4 Å². The van der Waals surface area contributed by atoms with Crippen LogP contribution in [-0.2, 0) is 13.0 Å². The summed E-state index contributed by atoms with van der Waals surface area (Å²) in [5.41, 5.74) is 1.29. The Morgan fingerprint density at radius 1 is 1.00 bits per heavy atom. The van der Waals surface area contributed by atoms with Crippen molar-refractivity contribution < 1.29 is 0 Å². The predicted octanol–water partition coefficient (Wildman–Crippen LogP) is 6.37. The van der Waals surface area contributed by atoms with Crippen molar-refractivity contribution in [1.29, 1.82) is 0 Å². The Morgan fingerprint density at radius 3 is 2.24 bits per heavy atom. The van der Waals surface area contributed by atoms with E-state index in [1.165, 1.54) is 10.5 Å². The smallest absolute Gasteiger partial charge is 0.0945 e. The van der Waals surface area contributed by atoms with Gasteiger partial charge in [0.25, 0.3) is 0 Å². The molecule has 1 atom stereocenters. The Bertz CT molecular complexity index is 736. The van der Waals surface area contributed by atoms with Crippen molar-refractivity contribution in [2.75, 3.05) is 0 Å². The number of aromatic nitrogens is 2. The van der Waals surface area contributed by atoms with E-state index < -0.39 is 0 Å². The Labute approximate surface area is 163 Å². The Kier molecular flexibility index (Phi) is 6.10. The number of hydrogen-bond donors (Lipinski definition) is 0. The molecule has 1 aromatic heterocycles. The van der Waals surface area contributed by atoms with E-state index in [-0.39, 0.29) is 4.75 Å². The van der Waals surface area contributed by atoms with Crippen LogP contribution in [0.4, 0.5) is 0 Å². The van der Waals surface area contributed by atoms with E-state index in [1.807, 2.05) is 54.7 Å². The lowest BCUT2D eigenvalue weighted by Gasteiger charge is -2.30. The van der Waals surface area contributed by atoms with Gasteiger partial charge in [-0.05, 0) is 61.7 Å². The molecule has 1 unspecified atom stereocenters. The first kappa shape index (κ1) is 18.4. The SMILES string of the molecule is CC(CCn1ccnc1)(Cc1ccc(Cl)cc1)Sc1ccc(Cl)cc1. The molecule has 0 saturated heterocycles. The van der Waals surface area contributed by atoms with Crippen molar-refractivity contribution in [3.63, 3.8) is 0 Å². The van der Waals surface area contributed by atoms with Crippen LogP contribution in [-0.4, -0.2) is 14.3 Å². The molecule has 1 heterocycles. The molecule has 0 N–H and O–H groups in total. The maximum atomic E-state index is 6.03.